The lowest BCUT2D eigenvalue weighted by atomic mass is 10.0. The van der Waals surface area contributed by atoms with Crippen LogP contribution in [-0.2, 0) is 13.5 Å². The van der Waals surface area contributed by atoms with Crippen LogP contribution in [0.15, 0.2) is 54.5 Å². The first-order valence-corrected chi connectivity index (χ1v) is 7.91. The van der Waals surface area contributed by atoms with E-state index in [1.807, 2.05) is 43.6 Å². The van der Waals surface area contributed by atoms with E-state index in [1.54, 1.807) is 17.1 Å². The Labute approximate surface area is 140 Å². The van der Waals surface area contributed by atoms with Crippen LogP contribution in [0.1, 0.15) is 27.0 Å². The third kappa shape index (κ3) is 2.36. The third-order valence-electron chi connectivity index (χ3n) is 4.45. The lowest BCUT2D eigenvalue weighted by Crippen LogP contribution is -1.95. The van der Waals surface area contributed by atoms with E-state index in [1.165, 1.54) is 5.56 Å². The van der Waals surface area contributed by atoms with E-state index in [0.717, 1.165) is 33.5 Å². The molecule has 0 saturated carbocycles. The summed E-state index contributed by atoms with van der Waals surface area (Å²) in [5, 5.41) is 4.55. The first kappa shape index (κ1) is 14.6. The molecule has 0 N–H and O–H groups in total. The van der Waals surface area contributed by atoms with Crippen LogP contribution >= 0.6 is 0 Å². The van der Waals surface area contributed by atoms with Gasteiger partial charge in [-0.2, -0.15) is 5.10 Å². The number of hydrogen-bond donors (Lipinski definition) is 0. The molecular weight excluding hydrogens is 298 g/mol. The number of pyridine rings is 1. The molecule has 24 heavy (non-hydrogen) atoms. The summed E-state index contributed by atoms with van der Waals surface area (Å²) in [5.74, 6) is 0.123. The third-order valence-corrected chi connectivity index (χ3v) is 4.45. The van der Waals surface area contributed by atoms with Crippen LogP contribution in [0.25, 0.3) is 17.3 Å². The summed E-state index contributed by atoms with van der Waals surface area (Å²) in [7, 11) is 1.89. The number of Topliss-reactive ketones (excluding diaryl/α,β-unsaturated/α-hetero) is 1. The van der Waals surface area contributed by atoms with Crippen LogP contribution in [0.4, 0.5) is 0 Å². The quantitative estimate of drug-likeness (QED) is 0.679. The first-order chi connectivity index (χ1) is 11.6. The van der Waals surface area contributed by atoms with Crippen molar-refractivity contribution in [3.8, 4) is 11.3 Å². The summed E-state index contributed by atoms with van der Waals surface area (Å²) >= 11 is 0. The molecule has 1 aliphatic rings. The molecule has 0 fully saturated rings. The molecule has 2 aromatic heterocycles. The van der Waals surface area contributed by atoms with E-state index in [0.29, 0.717) is 6.42 Å². The van der Waals surface area contributed by atoms with E-state index in [2.05, 4.69) is 23.1 Å². The van der Waals surface area contributed by atoms with E-state index in [-0.39, 0.29) is 5.78 Å². The molecule has 0 unspecified atom stereocenters. The van der Waals surface area contributed by atoms with Gasteiger partial charge in [0.05, 0.1) is 5.69 Å². The van der Waals surface area contributed by atoms with Crippen molar-refractivity contribution in [3.63, 3.8) is 0 Å². The second kappa shape index (κ2) is 5.57. The molecule has 0 aliphatic heterocycles. The van der Waals surface area contributed by atoms with Gasteiger partial charge in [0.1, 0.15) is 0 Å². The summed E-state index contributed by atoms with van der Waals surface area (Å²) < 4.78 is 1.78. The van der Waals surface area contributed by atoms with Crippen LogP contribution in [0.5, 0.6) is 0 Å². The molecule has 4 nitrogen and oxygen atoms in total. The van der Waals surface area contributed by atoms with E-state index >= 15 is 0 Å². The van der Waals surface area contributed by atoms with Gasteiger partial charge in [0.15, 0.2) is 5.78 Å². The SMILES string of the molecule is Cc1cccc2c1C/C(=C/c1cn(C)nc1-c1ccncc1)C2=O. The second-order valence-electron chi connectivity index (χ2n) is 6.12. The van der Waals surface area contributed by atoms with Gasteiger partial charge in [-0.3, -0.25) is 14.5 Å². The fourth-order valence-corrected chi connectivity index (χ4v) is 3.24. The Morgan fingerprint density at radius 2 is 1.96 bits per heavy atom. The number of carbonyl (C=O) groups excluding carboxylic acids is 1. The number of rotatable bonds is 2. The molecule has 0 saturated heterocycles. The minimum absolute atomic E-state index is 0.123. The van der Waals surface area contributed by atoms with Gasteiger partial charge in [0.2, 0.25) is 0 Å². The second-order valence-corrected chi connectivity index (χ2v) is 6.12. The Kier molecular flexibility index (Phi) is 3.38. The fourth-order valence-electron chi connectivity index (χ4n) is 3.24. The predicted molar refractivity (Wildman–Crippen MR) is 93.6 cm³/mol. The Bertz CT molecular complexity index is 968. The summed E-state index contributed by atoms with van der Waals surface area (Å²) in [5.41, 5.74) is 6.79. The highest BCUT2D eigenvalue weighted by Gasteiger charge is 2.26. The zero-order valence-corrected chi connectivity index (χ0v) is 13.7. The van der Waals surface area contributed by atoms with E-state index in [4.69, 9.17) is 0 Å². The number of allylic oxidation sites excluding steroid dienone is 1. The summed E-state index contributed by atoms with van der Waals surface area (Å²) in [6.45, 7) is 2.06. The fraction of sp³-hybridized carbons (Fsp3) is 0.150. The number of hydrogen-bond acceptors (Lipinski definition) is 3. The smallest absolute Gasteiger partial charge is 0.189 e. The number of ketones is 1. The maximum atomic E-state index is 12.7. The highest BCUT2D eigenvalue weighted by Crippen LogP contribution is 2.31. The van der Waals surface area contributed by atoms with Gasteiger partial charge in [-0.05, 0) is 36.3 Å². The van der Waals surface area contributed by atoms with Gasteiger partial charge in [0.25, 0.3) is 0 Å². The minimum Gasteiger partial charge on any atom is -0.289 e. The Hall–Kier alpha value is -3.01. The van der Waals surface area contributed by atoms with Gasteiger partial charge in [-0.15, -0.1) is 0 Å². The molecule has 0 atom stereocenters. The molecule has 118 valence electrons. The van der Waals surface area contributed by atoms with Crippen molar-refractivity contribution in [2.75, 3.05) is 0 Å². The normalized spacial score (nSPS) is 15.1. The average molecular weight is 315 g/mol. The highest BCUT2D eigenvalue weighted by atomic mass is 16.1. The van der Waals surface area contributed by atoms with Crippen molar-refractivity contribution in [1.29, 1.82) is 0 Å². The summed E-state index contributed by atoms with van der Waals surface area (Å²) in [4.78, 5) is 16.8. The Morgan fingerprint density at radius 3 is 2.71 bits per heavy atom. The van der Waals surface area contributed by atoms with Crippen molar-refractivity contribution in [1.82, 2.24) is 14.8 Å². The molecule has 0 spiro atoms. The Morgan fingerprint density at radius 1 is 1.17 bits per heavy atom. The molecule has 0 amide bonds. The van der Waals surface area contributed by atoms with Crippen molar-refractivity contribution in [2.24, 2.45) is 7.05 Å². The van der Waals surface area contributed by atoms with Gasteiger partial charge in [0, 0.05) is 54.3 Å². The predicted octanol–water partition coefficient (Wildman–Crippen LogP) is 3.61. The van der Waals surface area contributed by atoms with Crippen molar-refractivity contribution >= 4 is 11.9 Å². The number of nitrogens with zero attached hydrogens (tertiary/aromatic N) is 3. The molecule has 2 heterocycles. The number of benzene rings is 1. The summed E-state index contributed by atoms with van der Waals surface area (Å²) in [6, 6.07) is 9.78. The molecule has 1 aliphatic carbocycles. The molecule has 4 rings (SSSR count). The number of fused-ring (bicyclic) bond motifs is 1. The molecule has 1 aromatic carbocycles. The maximum Gasteiger partial charge on any atom is 0.189 e. The van der Waals surface area contributed by atoms with E-state index < -0.39 is 0 Å². The minimum atomic E-state index is 0.123. The lowest BCUT2D eigenvalue weighted by molar-refractivity contribution is 0.104. The average Bonchev–Trinajstić information content (AvgIpc) is 3.11. The van der Waals surface area contributed by atoms with Crippen LogP contribution < -0.4 is 0 Å². The summed E-state index contributed by atoms with van der Waals surface area (Å²) in [6.07, 6.45) is 8.11. The van der Waals surface area contributed by atoms with Gasteiger partial charge >= 0.3 is 0 Å². The molecule has 4 heteroatoms. The standard InChI is InChI=1S/C20H17N3O/c1-13-4-3-5-17-18(13)11-15(20(17)24)10-16-12-23(2)22-19(16)14-6-8-21-9-7-14/h3-10,12H,11H2,1-2H3/b15-10-. The highest BCUT2D eigenvalue weighted by molar-refractivity contribution is 6.16. The number of aromatic nitrogens is 3. The molecule has 3 aromatic rings. The topological polar surface area (TPSA) is 47.8 Å². The largest absolute Gasteiger partial charge is 0.289 e. The molecular formula is C20H17N3O. The van der Waals surface area contributed by atoms with Gasteiger partial charge in [-0.25, -0.2) is 0 Å². The van der Waals surface area contributed by atoms with E-state index in [9.17, 15) is 4.79 Å². The van der Waals surface area contributed by atoms with Crippen molar-refractivity contribution in [2.45, 2.75) is 13.3 Å². The number of aryl methyl sites for hydroxylation is 2. The Balaban J connectivity index is 1.79. The van der Waals surface area contributed by atoms with Crippen LogP contribution in [0.2, 0.25) is 0 Å². The van der Waals surface area contributed by atoms with Gasteiger partial charge in [-0.1, -0.05) is 18.2 Å². The zero-order chi connectivity index (χ0) is 16.7. The lowest BCUT2D eigenvalue weighted by Gasteiger charge is -2.00. The van der Waals surface area contributed by atoms with Crippen LogP contribution in [0, 0.1) is 6.92 Å². The zero-order valence-electron chi connectivity index (χ0n) is 13.7. The van der Waals surface area contributed by atoms with Crippen LogP contribution in [0.3, 0.4) is 0 Å². The van der Waals surface area contributed by atoms with Crippen LogP contribution in [-0.4, -0.2) is 20.5 Å². The van der Waals surface area contributed by atoms with Crippen molar-refractivity contribution in [3.05, 3.63) is 76.7 Å². The van der Waals surface area contributed by atoms with Gasteiger partial charge < -0.3 is 0 Å². The first-order valence-electron chi connectivity index (χ1n) is 7.91. The van der Waals surface area contributed by atoms with Crippen molar-refractivity contribution < 1.29 is 4.79 Å². The molecule has 0 bridgehead atoms. The number of carbonyl (C=O) groups is 1. The maximum absolute atomic E-state index is 12.7. The molecule has 0 radical (unpaired) electrons. The monoisotopic (exact) mass is 315 g/mol.